The molecule has 1 saturated heterocycles. The van der Waals surface area contributed by atoms with E-state index in [-0.39, 0.29) is 25.1 Å². The van der Waals surface area contributed by atoms with Gasteiger partial charge in [0.15, 0.2) is 5.60 Å². The van der Waals surface area contributed by atoms with Crippen LogP contribution in [0.4, 0.5) is 0 Å². The number of hydrogen-bond acceptors (Lipinski definition) is 3. The van der Waals surface area contributed by atoms with Gasteiger partial charge in [0.05, 0.1) is 13.1 Å². The molecule has 3 rings (SSSR count). The fraction of sp³-hybridized carbons (Fsp3) is 0.320. The second-order valence-corrected chi connectivity index (χ2v) is 7.74. The summed E-state index contributed by atoms with van der Waals surface area (Å²) in [6, 6.07) is 19.0. The van der Waals surface area contributed by atoms with Crippen molar-refractivity contribution in [3.63, 3.8) is 0 Å². The van der Waals surface area contributed by atoms with E-state index in [0.717, 1.165) is 37.1 Å². The Bertz CT molecular complexity index is 870. The van der Waals surface area contributed by atoms with E-state index in [1.807, 2.05) is 60.7 Å². The second-order valence-electron chi connectivity index (χ2n) is 7.74. The number of rotatable bonds is 6. The molecule has 0 unspecified atom stereocenters. The molecule has 2 aromatic carbocycles. The normalized spacial score (nSPS) is 14.7. The van der Waals surface area contributed by atoms with E-state index in [9.17, 15) is 9.90 Å². The van der Waals surface area contributed by atoms with Crippen LogP contribution >= 0.6 is 0 Å². The van der Waals surface area contributed by atoms with Gasteiger partial charge in [0.25, 0.3) is 0 Å². The fourth-order valence-corrected chi connectivity index (χ4v) is 3.66. The van der Waals surface area contributed by atoms with Crippen molar-refractivity contribution in [2.24, 2.45) is 0 Å². The molecule has 0 saturated carbocycles. The van der Waals surface area contributed by atoms with Gasteiger partial charge in [0.1, 0.15) is 6.54 Å². The van der Waals surface area contributed by atoms with E-state index >= 15 is 0 Å². The van der Waals surface area contributed by atoms with Crippen molar-refractivity contribution >= 4 is 5.97 Å². The van der Waals surface area contributed by atoms with Gasteiger partial charge in [-0.15, -0.1) is 0 Å². The molecule has 4 nitrogen and oxygen atoms in total. The third-order valence-corrected chi connectivity index (χ3v) is 5.40. The molecule has 0 amide bonds. The Balaban J connectivity index is 0.00000320. The summed E-state index contributed by atoms with van der Waals surface area (Å²) < 4.78 is 6.05. The number of nitrogens with zero attached hydrogens (tertiary/aromatic N) is 1. The van der Waals surface area contributed by atoms with Gasteiger partial charge in [-0.2, -0.15) is 0 Å². The van der Waals surface area contributed by atoms with Crippen molar-refractivity contribution in [1.82, 2.24) is 0 Å². The van der Waals surface area contributed by atoms with Gasteiger partial charge in [-0.3, -0.25) is 4.48 Å². The van der Waals surface area contributed by atoms with Gasteiger partial charge < -0.3 is 22.3 Å². The van der Waals surface area contributed by atoms with Crippen LogP contribution in [0, 0.1) is 11.8 Å². The monoisotopic (exact) mass is 425 g/mol. The van der Waals surface area contributed by atoms with Crippen LogP contribution in [0.5, 0.6) is 0 Å². The zero-order valence-corrected chi connectivity index (χ0v) is 18.1. The number of aliphatic hydroxyl groups is 1. The number of esters is 1. The first-order chi connectivity index (χ1) is 14.0. The van der Waals surface area contributed by atoms with Crippen LogP contribution in [0.1, 0.15) is 30.9 Å². The summed E-state index contributed by atoms with van der Waals surface area (Å²) in [5.74, 6) is 5.97. The molecule has 5 heteroatoms. The summed E-state index contributed by atoms with van der Waals surface area (Å²) >= 11 is 0. The maximum absolute atomic E-state index is 11.8. The molecule has 1 N–H and O–H groups in total. The lowest BCUT2D eigenvalue weighted by Gasteiger charge is -2.31. The Labute approximate surface area is 185 Å². The van der Waals surface area contributed by atoms with E-state index in [1.165, 1.54) is 0 Å². The minimum atomic E-state index is -1.39. The molecule has 0 aliphatic carbocycles. The van der Waals surface area contributed by atoms with Crippen molar-refractivity contribution < 1.29 is 31.5 Å². The van der Waals surface area contributed by atoms with Crippen LogP contribution in [0.3, 0.4) is 0 Å². The lowest BCUT2D eigenvalue weighted by atomic mass is 9.87. The number of quaternary nitrogens is 1. The van der Waals surface area contributed by atoms with Gasteiger partial charge in [0.2, 0.25) is 6.73 Å². The maximum atomic E-state index is 11.8. The number of likely N-dealkylation sites (tertiary alicyclic amines) is 1. The average Bonchev–Trinajstić information content (AvgIpc) is 3.22. The summed E-state index contributed by atoms with van der Waals surface area (Å²) in [4.78, 5) is 11.8. The smallest absolute Gasteiger partial charge is 0.337 e. The lowest BCUT2D eigenvalue weighted by molar-refractivity contribution is -0.926. The summed E-state index contributed by atoms with van der Waals surface area (Å²) in [6.45, 7) is 7.92. The Hall–Kier alpha value is -2.58. The van der Waals surface area contributed by atoms with Crippen molar-refractivity contribution in [1.29, 1.82) is 0 Å². The Morgan fingerprint density at radius 3 is 2.03 bits per heavy atom. The molecule has 1 heterocycles. The molecule has 1 fully saturated rings. The van der Waals surface area contributed by atoms with Gasteiger partial charge in [-0.1, -0.05) is 73.2 Å². The molecule has 2 aromatic rings. The van der Waals surface area contributed by atoms with Gasteiger partial charge in [0, 0.05) is 29.5 Å². The minimum absolute atomic E-state index is 0. The zero-order chi connectivity index (χ0) is 20.7. The second kappa shape index (κ2) is 10.4. The van der Waals surface area contributed by atoms with Crippen molar-refractivity contribution in [2.75, 3.05) is 26.4 Å². The maximum Gasteiger partial charge on any atom is 0.337 e. The highest BCUT2D eigenvalue weighted by Crippen LogP contribution is 2.29. The van der Waals surface area contributed by atoms with Crippen molar-refractivity contribution in [2.45, 2.75) is 25.4 Å². The molecule has 0 radical (unpaired) electrons. The molecule has 0 bridgehead atoms. The van der Waals surface area contributed by atoms with E-state index in [2.05, 4.69) is 18.4 Å². The molecular weight excluding hydrogens is 398 g/mol. The first kappa shape index (κ1) is 23.7. The molecule has 1 aliphatic rings. The topological polar surface area (TPSA) is 46.5 Å². The SMILES string of the molecule is C=C(C)C(=O)OC[N+]1(CC#CC(O)(c2ccccc2)c2ccccc2)CCCC1.[Cl-]. The standard InChI is InChI=1S/C25H28NO3.ClH/c1-21(2)24(27)29-20-26(17-9-10-18-26)19-11-16-25(28,22-12-5-3-6-13-22)23-14-7-4-8-15-23;/h3-8,12-15,28H,1,9-10,17-20H2,2H3;1H/q+1;/p-1. The third kappa shape index (κ3) is 5.52. The van der Waals surface area contributed by atoms with E-state index < -0.39 is 5.60 Å². The molecule has 158 valence electrons. The summed E-state index contributed by atoms with van der Waals surface area (Å²) in [5.41, 5.74) is 0.484. The number of benzene rings is 2. The lowest BCUT2D eigenvalue weighted by Crippen LogP contribution is -3.00. The van der Waals surface area contributed by atoms with Gasteiger partial charge >= 0.3 is 5.97 Å². The van der Waals surface area contributed by atoms with Crippen LogP contribution in [-0.4, -0.2) is 41.9 Å². The molecule has 30 heavy (non-hydrogen) atoms. The molecule has 1 aliphatic heterocycles. The predicted molar refractivity (Wildman–Crippen MR) is 114 cm³/mol. The third-order valence-electron chi connectivity index (χ3n) is 5.40. The molecule has 0 atom stereocenters. The Morgan fingerprint density at radius 1 is 1.07 bits per heavy atom. The molecule has 0 spiro atoms. The summed E-state index contributed by atoms with van der Waals surface area (Å²) in [5, 5.41) is 11.5. The van der Waals surface area contributed by atoms with Gasteiger partial charge in [-0.25, -0.2) is 4.79 Å². The van der Waals surface area contributed by atoms with Crippen LogP contribution < -0.4 is 12.4 Å². The van der Waals surface area contributed by atoms with Crippen molar-refractivity contribution in [3.05, 3.63) is 83.9 Å². The molecular formula is C25H28ClNO3. The van der Waals surface area contributed by atoms with E-state index in [4.69, 9.17) is 4.74 Å². The van der Waals surface area contributed by atoms with Crippen LogP contribution in [-0.2, 0) is 15.1 Å². The highest BCUT2D eigenvalue weighted by molar-refractivity contribution is 5.86. The zero-order valence-electron chi connectivity index (χ0n) is 17.3. The Morgan fingerprint density at radius 2 is 1.57 bits per heavy atom. The number of ether oxygens (including phenoxy) is 1. The number of hydrogen-bond donors (Lipinski definition) is 1. The Kier molecular flexibility index (Phi) is 8.25. The predicted octanol–water partition coefficient (Wildman–Crippen LogP) is 0.617. The minimum Gasteiger partial charge on any atom is -1.00 e. The average molecular weight is 426 g/mol. The van der Waals surface area contributed by atoms with E-state index in [1.54, 1.807) is 6.92 Å². The first-order valence-electron chi connectivity index (χ1n) is 9.96. The van der Waals surface area contributed by atoms with E-state index in [0.29, 0.717) is 16.6 Å². The van der Waals surface area contributed by atoms with Crippen LogP contribution in [0.2, 0.25) is 0 Å². The van der Waals surface area contributed by atoms with Gasteiger partial charge in [-0.05, 0) is 12.8 Å². The highest BCUT2D eigenvalue weighted by Gasteiger charge is 2.34. The number of carbonyl (C=O) groups is 1. The molecule has 0 aromatic heterocycles. The van der Waals surface area contributed by atoms with Crippen LogP contribution in [0.15, 0.2) is 72.8 Å². The summed E-state index contributed by atoms with van der Waals surface area (Å²) in [6.07, 6.45) is 2.15. The first-order valence-corrected chi connectivity index (χ1v) is 9.96. The van der Waals surface area contributed by atoms with Crippen LogP contribution in [0.25, 0.3) is 0 Å². The largest absolute Gasteiger partial charge is 1.00 e. The number of halogens is 1. The highest BCUT2D eigenvalue weighted by atomic mass is 35.5. The van der Waals surface area contributed by atoms with Crippen molar-refractivity contribution in [3.8, 4) is 11.8 Å². The fourth-order valence-electron chi connectivity index (χ4n) is 3.66. The summed E-state index contributed by atoms with van der Waals surface area (Å²) in [7, 11) is 0. The quantitative estimate of drug-likeness (QED) is 0.319. The number of carbonyl (C=O) groups excluding carboxylic acids is 1.